The van der Waals surface area contributed by atoms with Gasteiger partial charge in [-0.3, -0.25) is 0 Å². The van der Waals surface area contributed by atoms with Crippen molar-refractivity contribution in [2.45, 2.75) is 13.2 Å². The van der Waals surface area contributed by atoms with Crippen molar-refractivity contribution in [3.05, 3.63) is 194 Å². The fourth-order valence-electron chi connectivity index (χ4n) is 7.27. The van der Waals surface area contributed by atoms with E-state index < -0.39 is 151 Å². The monoisotopic (exact) mass is 931 g/mol. The van der Waals surface area contributed by atoms with Crippen molar-refractivity contribution in [2.24, 2.45) is 0 Å². The highest BCUT2D eigenvalue weighted by molar-refractivity contribution is 7.20. The molecule has 334 valence electrons. The molecule has 0 aliphatic carbocycles. The van der Waals surface area contributed by atoms with E-state index in [1.165, 1.54) is 5.56 Å². The number of pyridine rings is 1. The molecule has 0 saturated carbocycles. The minimum absolute atomic E-state index is 0.450. The molecule has 0 amide bonds. The van der Waals surface area contributed by atoms with Gasteiger partial charge in [-0.2, -0.15) is 4.57 Å². The third kappa shape index (κ3) is 7.13. The molecule has 0 atom stereocenters. The minimum atomic E-state index is -7.22. The van der Waals surface area contributed by atoms with Crippen molar-refractivity contribution in [2.75, 3.05) is 0 Å². The van der Waals surface area contributed by atoms with Gasteiger partial charge in [-0.25, -0.2) is 92.2 Å². The standard InChI is InChI=1S/C24BF20.C17H15FN/c26-5-1(6(27)14(35)21(42)13(5)34)25(2-7(28)15(36)22(43)16(37)8(2)29,3-9(30)17(38)23(44)18(39)10(3)31)4-11(32)19(40)24(45)20(41)12(4)33;18-12-17-16-9-5-4-8-15(16)10-11-19(17)13-14-6-2-1-3-7-14/h;1-11H,12-13H2/q-1;+1. The molecule has 0 bridgehead atoms. The topological polar surface area (TPSA) is 3.88 Å². The second-order valence-corrected chi connectivity index (χ2v) is 13.4. The van der Waals surface area contributed by atoms with E-state index in [1.807, 2.05) is 59.3 Å². The Morgan fingerprint density at radius 2 is 0.609 bits per heavy atom. The molecule has 0 spiro atoms. The van der Waals surface area contributed by atoms with Crippen LogP contribution >= 0.6 is 0 Å². The smallest absolute Gasteiger partial charge is 0.220 e. The number of hydrogen-bond acceptors (Lipinski definition) is 0. The lowest BCUT2D eigenvalue weighted by Crippen LogP contribution is -2.81. The Bertz CT molecular complexity index is 2630. The van der Waals surface area contributed by atoms with Gasteiger partial charge in [0.05, 0.1) is 5.39 Å². The van der Waals surface area contributed by atoms with Gasteiger partial charge in [0, 0.05) is 11.6 Å². The van der Waals surface area contributed by atoms with Crippen LogP contribution in [0.3, 0.4) is 0 Å². The molecule has 0 aliphatic rings. The Labute approximate surface area is 343 Å². The van der Waals surface area contributed by atoms with Crippen molar-refractivity contribution in [3.8, 4) is 0 Å². The van der Waals surface area contributed by atoms with Crippen molar-refractivity contribution >= 4 is 38.8 Å². The van der Waals surface area contributed by atoms with Crippen LogP contribution in [0, 0.1) is 116 Å². The zero-order valence-corrected chi connectivity index (χ0v) is 30.7. The maximum atomic E-state index is 15.4. The van der Waals surface area contributed by atoms with E-state index in [0.29, 0.717) is 6.54 Å². The SMILES string of the molecule is FCc1c2ccccc2cc[n+]1Cc1ccccc1.Fc1c(F)c(F)c([B-](c2c(F)c(F)c(F)c(F)c2F)(c2c(F)c(F)c(F)c(F)c2F)c2c(F)c(F)c(F)c(F)c2F)c(F)c1F. The number of hydrogen-bond donors (Lipinski definition) is 0. The van der Waals surface area contributed by atoms with Crippen molar-refractivity contribution < 1.29 is 96.8 Å². The maximum absolute atomic E-state index is 15.4. The van der Waals surface area contributed by atoms with Gasteiger partial charge < -0.3 is 0 Å². The van der Waals surface area contributed by atoms with Gasteiger partial charge in [-0.1, -0.05) is 48.5 Å². The molecule has 0 fully saturated rings. The quantitative estimate of drug-likeness (QED) is 0.0494. The van der Waals surface area contributed by atoms with Gasteiger partial charge in [0.15, 0.2) is 89.2 Å². The Balaban J connectivity index is 0.000000295. The van der Waals surface area contributed by atoms with E-state index >= 15 is 35.1 Å². The molecule has 7 rings (SSSR count). The van der Waals surface area contributed by atoms with E-state index in [9.17, 15) is 57.1 Å². The largest absolute Gasteiger partial charge is 0.239 e. The first-order chi connectivity index (χ1) is 30.1. The highest BCUT2D eigenvalue weighted by Crippen LogP contribution is 2.31. The van der Waals surface area contributed by atoms with E-state index in [4.69, 9.17) is 0 Å². The van der Waals surface area contributed by atoms with Crippen LogP contribution in [-0.2, 0) is 13.2 Å². The van der Waals surface area contributed by atoms with Gasteiger partial charge in [-0.05, 0) is 11.5 Å². The molecule has 0 aliphatic heterocycles. The number of fused-ring (bicyclic) bond motifs is 1. The Morgan fingerprint density at radius 3 is 0.922 bits per heavy atom. The fraction of sp³-hybridized carbons (Fsp3) is 0.0488. The second-order valence-electron chi connectivity index (χ2n) is 13.4. The molecular formula is C41H15BF21N. The number of rotatable bonds is 7. The van der Waals surface area contributed by atoms with Crippen LogP contribution in [0.25, 0.3) is 10.8 Å². The molecule has 1 heterocycles. The number of benzene rings is 6. The van der Waals surface area contributed by atoms with Crippen LogP contribution in [0.4, 0.5) is 92.2 Å². The van der Waals surface area contributed by atoms with Crippen LogP contribution < -0.4 is 26.4 Å². The molecule has 0 saturated heterocycles. The molecule has 0 radical (unpaired) electrons. The number of alkyl halides is 1. The second kappa shape index (κ2) is 17.5. The lowest BCUT2D eigenvalue weighted by atomic mass is 9.12. The lowest BCUT2D eigenvalue weighted by Gasteiger charge is -2.44. The van der Waals surface area contributed by atoms with Crippen LogP contribution in [0.1, 0.15) is 11.3 Å². The van der Waals surface area contributed by atoms with Crippen molar-refractivity contribution in [3.63, 3.8) is 0 Å². The van der Waals surface area contributed by atoms with Crippen LogP contribution in [0.2, 0.25) is 0 Å². The fourth-order valence-corrected chi connectivity index (χ4v) is 7.27. The van der Waals surface area contributed by atoms with Crippen molar-refractivity contribution in [1.29, 1.82) is 0 Å². The average molecular weight is 931 g/mol. The summed E-state index contributed by atoms with van der Waals surface area (Å²) in [7, 11) is 0. The third-order valence-electron chi connectivity index (χ3n) is 10.1. The van der Waals surface area contributed by atoms with Gasteiger partial charge in [0.25, 0.3) is 0 Å². The van der Waals surface area contributed by atoms with Gasteiger partial charge in [0.2, 0.25) is 5.69 Å². The molecule has 7 aromatic rings. The van der Waals surface area contributed by atoms with E-state index in [-0.39, 0.29) is 0 Å². The van der Waals surface area contributed by atoms with E-state index in [2.05, 4.69) is 12.1 Å². The highest BCUT2D eigenvalue weighted by atomic mass is 19.2. The molecular weight excluding hydrogens is 916 g/mol. The van der Waals surface area contributed by atoms with Gasteiger partial charge in [-0.15, -0.1) is 21.9 Å². The highest BCUT2D eigenvalue weighted by Gasteiger charge is 2.52. The molecule has 0 N–H and O–H groups in total. The summed E-state index contributed by atoms with van der Waals surface area (Å²) in [6.45, 7) is 0.249. The summed E-state index contributed by atoms with van der Waals surface area (Å²) < 4.78 is 309. The normalized spacial score (nSPS) is 11.6. The minimum Gasteiger partial charge on any atom is -0.239 e. The molecule has 1 aromatic heterocycles. The zero-order valence-electron chi connectivity index (χ0n) is 30.7. The number of nitrogens with zero attached hydrogens (tertiary/aromatic N) is 1. The average Bonchev–Trinajstić information content (AvgIpc) is 3.29. The molecule has 23 heteroatoms. The lowest BCUT2D eigenvalue weighted by molar-refractivity contribution is -0.695. The number of halogens is 21. The van der Waals surface area contributed by atoms with Gasteiger partial charge in [0.1, 0.15) is 52.7 Å². The molecule has 6 aromatic carbocycles. The summed E-state index contributed by atoms with van der Waals surface area (Å²) in [5, 5.41) is 2.07. The summed E-state index contributed by atoms with van der Waals surface area (Å²) in [6, 6.07) is 20.1. The summed E-state index contributed by atoms with van der Waals surface area (Å²) in [5.74, 6) is -71.4. The van der Waals surface area contributed by atoms with Crippen LogP contribution in [0.5, 0.6) is 0 Å². The summed E-state index contributed by atoms with van der Waals surface area (Å²) >= 11 is 0. The third-order valence-corrected chi connectivity index (χ3v) is 10.1. The first-order valence-electron chi connectivity index (χ1n) is 17.3. The summed E-state index contributed by atoms with van der Waals surface area (Å²) in [5.41, 5.74) is -12.4. The Kier molecular flexibility index (Phi) is 12.8. The first-order valence-corrected chi connectivity index (χ1v) is 17.3. The maximum Gasteiger partial charge on any atom is 0.220 e. The number of aromatic nitrogens is 1. The summed E-state index contributed by atoms with van der Waals surface area (Å²) in [6.07, 6.45) is -5.25. The summed E-state index contributed by atoms with van der Waals surface area (Å²) in [4.78, 5) is 0. The van der Waals surface area contributed by atoms with Crippen molar-refractivity contribution in [1.82, 2.24) is 0 Å². The first kappa shape index (κ1) is 46.8. The van der Waals surface area contributed by atoms with Gasteiger partial charge >= 0.3 is 0 Å². The molecule has 64 heavy (non-hydrogen) atoms. The van der Waals surface area contributed by atoms with E-state index in [0.717, 1.165) is 16.5 Å². The molecule has 1 nitrogen and oxygen atoms in total. The predicted molar refractivity (Wildman–Crippen MR) is 184 cm³/mol. The Hall–Kier alpha value is -6.68. The van der Waals surface area contributed by atoms with Crippen LogP contribution in [0.15, 0.2) is 66.9 Å². The van der Waals surface area contributed by atoms with E-state index in [1.54, 1.807) is 0 Å². The predicted octanol–water partition coefficient (Wildman–Crippen LogP) is 9.49. The van der Waals surface area contributed by atoms with Crippen LogP contribution in [-0.4, -0.2) is 6.15 Å². The zero-order chi connectivity index (χ0) is 47.4. The molecule has 0 unspecified atom stereocenters. The Morgan fingerprint density at radius 1 is 0.328 bits per heavy atom.